The lowest BCUT2D eigenvalue weighted by atomic mass is 10.0. The molecule has 0 saturated heterocycles. The molecule has 4 rings (SSSR count). The lowest BCUT2D eigenvalue weighted by molar-refractivity contribution is -0.143. The highest BCUT2D eigenvalue weighted by molar-refractivity contribution is 5.98. The fourth-order valence-corrected chi connectivity index (χ4v) is 6.79. The van der Waals surface area contributed by atoms with E-state index >= 15 is 0 Å². The molecule has 0 spiro atoms. The number of nitrogens with two attached hydrogens (primary N) is 2. The first-order valence-electron chi connectivity index (χ1n) is 20.4. The van der Waals surface area contributed by atoms with Crippen molar-refractivity contribution >= 4 is 58.3 Å². The Labute approximate surface area is 362 Å². The number of carboxylic acid groups (broad SMARTS) is 3. The van der Waals surface area contributed by atoms with Crippen molar-refractivity contribution in [2.45, 2.75) is 94.0 Å². The summed E-state index contributed by atoms with van der Waals surface area (Å²) in [4.78, 5) is 107. The first-order chi connectivity index (χ1) is 30.1. The fourth-order valence-electron chi connectivity index (χ4n) is 6.79. The van der Waals surface area contributed by atoms with Crippen molar-refractivity contribution in [3.8, 4) is 0 Å². The maximum Gasteiger partial charge on any atom is 0.326 e. The van der Waals surface area contributed by atoms with Crippen LogP contribution in [0.4, 0.5) is 0 Å². The number of aromatic nitrogens is 1. The Morgan fingerprint density at radius 2 is 1.03 bits per heavy atom. The summed E-state index contributed by atoms with van der Waals surface area (Å²) in [5.41, 5.74) is 14.9. The van der Waals surface area contributed by atoms with Gasteiger partial charge in [0.05, 0.1) is 12.5 Å². The third kappa shape index (κ3) is 15.7. The SMILES string of the molecule is NCCCC[C@H](NC(=O)[C@H](Cc1ccccc1)NC(=O)[C@@H](N)Cc1c[nH]c2ccccc12)C(=O)N[C@@H](CC(=O)O)C(=O)N[C@@H](CCC(=O)O)C(=O)N[C@@H](Cc1ccccc1)C(=O)O. The Bertz CT molecular complexity index is 2200. The van der Waals surface area contributed by atoms with Crippen LogP contribution >= 0.6 is 0 Å². The van der Waals surface area contributed by atoms with E-state index in [0.29, 0.717) is 24.0 Å². The standard InChI is InChI=1S/C44H54N8O11/c45-20-10-9-17-32(48-42(60)34(21-26-11-3-1-4-12-26)50-39(57)30(46)23-28-25-47-31-16-8-7-15-29(28)31)40(58)51-35(24-38(55)56)43(61)49-33(18-19-37(53)54)41(59)52-36(44(62)63)22-27-13-5-2-6-14-27/h1-8,11-16,25,30,32-36,47H,9-10,17-24,45-46H2,(H,48,60)(H,49,61)(H,50,57)(H,51,58)(H,52,59)(H,53,54)(H,55,56)(H,62,63)/t30-,32-,33-,34-,35-,36-/m0/s1. The minimum Gasteiger partial charge on any atom is -0.481 e. The molecule has 4 aromatic rings. The number of benzene rings is 3. The molecule has 13 N–H and O–H groups in total. The van der Waals surface area contributed by atoms with E-state index in [4.69, 9.17) is 11.5 Å². The molecule has 0 aliphatic carbocycles. The molecule has 0 radical (unpaired) electrons. The molecule has 3 aromatic carbocycles. The Hall–Kier alpha value is -7.12. The highest BCUT2D eigenvalue weighted by Crippen LogP contribution is 2.19. The molecule has 0 bridgehead atoms. The van der Waals surface area contributed by atoms with E-state index in [0.717, 1.165) is 16.5 Å². The Morgan fingerprint density at radius 1 is 0.540 bits per heavy atom. The number of carbonyl (C=O) groups excluding carboxylic acids is 5. The number of carbonyl (C=O) groups is 8. The van der Waals surface area contributed by atoms with Crippen LogP contribution in [0.2, 0.25) is 0 Å². The predicted molar refractivity (Wildman–Crippen MR) is 230 cm³/mol. The van der Waals surface area contributed by atoms with Gasteiger partial charge in [0.1, 0.15) is 30.2 Å². The molecule has 1 heterocycles. The molecule has 63 heavy (non-hydrogen) atoms. The monoisotopic (exact) mass is 870 g/mol. The molecule has 1 aromatic heterocycles. The van der Waals surface area contributed by atoms with Gasteiger partial charge in [-0.05, 0) is 61.4 Å². The van der Waals surface area contributed by atoms with Crippen molar-refractivity contribution in [3.63, 3.8) is 0 Å². The topological polar surface area (TPSA) is 325 Å². The van der Waals surface area contributed by atoms with Gasteiger partial charge in [-0.1, -0.05) is 78.9 Å². The number of aliphatic carboxylic acids is 3. The Morgan fingerprint density at radius 3 is 1.60 bits per heavy atom. The van der Waals surface area contributed by atoms with Gasteiger partial charge in [0.2, 0.25) is 29.5 Å². The summed E-state index contributed by atoms with van der Waals surface area (Å²) in [5.74, 6) is -8.96. The van der Waals surface area contributed by atoms with Gasteiger partial charge in [0.15, 0.2) is 0 Å². The highest BCUT2D eigenvalue weighted by Gasteiger charge is 2.34. The molecule has 6 atom stereocenters. The van der Waals surface area contributed by atoms with E-state index in [2.05, 4.69) is 31.6 Å². The van der Waals surface area contributed by atoms with Crippen molar-refractivity contribution in [3.05, 3.63) is 108 Å². The van der Waals surface area contributed by atoms with Crippen LogP contribution in [-0.2, 0) is 57.6 Å². The van der Waals surface area contributed by atoms with Gasteiger partial charge in [-0.3, -0.25) is 33.6 Å². The molecular formula is C44H54N8O11. The molecule has 5 amide bonds. The third-order valence-electron chi connectivity index (χ3n) is 10.1. The summed E-state index contributed by atoms with van der Waals surface area (Å²) >= 11 is 0. The number of unbranched alkanes of at least 4 members (excludes halogenated alkanes) is 1. The van der Waals surface area contributed by atoms with Crippen LogP contribution in [0.25, 0.3) is 10.9 Å². The number of hydrogen-bond acceptors (Lipinski definition) is 10. The van der Waals surface area contributed by atoms with Crippen LogP contribution in [0.3, 0.4) is 0 Å². The molecule has 0 unspecified atom stereocenters. The predicted octanol–water partition coefficient (Wildman–Crippen LogP) is 0.500. The number of rotatable bonds is 26. The van der Waals surface area contributed by atoms with Crippen molar-refractivity contribution in [1.82, 2.24) is 31.6 Å². The normalized spacial score (nSPS) is 13.9. The number of hydrogen-bond donors (Lipinski definition) is 11. The summed E-state index contributed by atoms with van der Waals surface area (Å²) < 4.78 is 0. The van der Waals surface area contributed by atoms with Crippen LogP contribution < -0.4 is 38.1 Å². The lowest BCUT2D eigenvalue weighted by Gasteiger charge is -2.27. The van der Waals surface area contributed by atoms with E-state index in [1.165, 1.54) is 0 Å². The van der Waals surface area contributed by atoms with E-state index in [1.54, 1.807) is 66.9 Å². The zero-order valence-electron chi connectivity index (χ0n) is 34.5. The number of aromatic amines is 1. The van der Waals surface area contributed by atoms with Gasteiger partial charge in [-0.15, -0.1) is 0 Å². The van der Waals surface area contributed by atoms with E-state index in [-0.39, 0.29) is 32.2 Å². The third-order valence-corrected chi connectivity index (χ3v) is 10.1. The Kier molecular flexibility index (Phi) is 18.8. The molecule has 19 nitrogen and oxygen atoms in total. The van der Waals surface area contributed by atoms with Crippen LogP contribution in [0, 0.1) is 0 Å². The summed E-state index contributed by atoms with van der Waals surface area (Å²) in [7, 11) is 0. The van der Waals surface area contributed by atoms with Gasteiger partial charge >= 0.3 is 17.9 Å². The molecule has 336 valence electrons. The summed E-state index contributed by atoms with van der Waals surface area (Å²) in [6.07, 6.45) is 0.280. The molecular weight excluding hydrogens is 817 g/mol. The van der Waals surface area contributed by atoms with E-state index in [9.17, 15) is 53.7 Å². The van der Waals surface area contributed by atoms with Gasteiger partial charge in [0, 0.05) is 36.4 Å². The van der Waals surface area contributed by atoms with Crippen molar-refractivity contribution in [2.75, 3.05) is 6.54 Å². The van der Waals surface area contributed by atoms with Crippen LogP contribution in [0.5, 0.6) is 0 Å². The van der Waals surface area contributed by atoms with Crippen molar-refractivity contribution < 1.29 is 53.7 Å². The summed E-state index contributed by atoms with van der Waals surface area (Å²) in [6.45, 7) is 0.237. The minimum absolute atomic E-state index is 0.00666. The first kappa shape index (κ1) is 48.5. The number of amides is 5. The second kappa shape index (κ2) is 24.4. The smallest absolute Gasteiger partial charge is 0.326 e. The largest absolute Gasteiger partial charge is 0.481 e. The molecule has 0 fully saturated rings. The van der Waals surface area contributed by atoms with Gasteiger partial charge < -0.3 is 58.4 Å². The van der Waals surface area contributed by atoms with Crippen LogP contribution in [-0.4, -0.2) is 111 Å². The zero-order chi connectivity index (χ0) is 45.9. The maximum atomic E-state index is 14.1. The highest BCUT2D eigenvalue weighted by atomic mass is 16.4. The average molecular weight is 871 g/mol. The number of H-pyrrole nitrogens is 1. The van der Waals surface area contributed by atoms with Gasteiger partial charge in [-0.2, -0.15) is 0 Å². The fraction of sp³-hybridized carbons (Fsp3) is 0.364. The number of para-hydroxylation sites is 1. The molecule has 19 heteroatoms. The van der Waals surface area contributed by atoms with Gasteiger partial charge in [0.25, 0.3) is 0 Å². The second-order valence-corrected chi connectivity index (χ2v) is 15.0. The van der Waals surface area contributed by atoms with E-state index in [1.807, 2.05) is 24.3 Å². The van der Waals surface area contributed by atoms with Crippen molar-refractivity contribution in [1.29, 1.82) is 0 Å². The minimum atomic E-state index is -1.86. The van der Waals surface area contributed by atoms with Crippen LogP contribution in [0.1, 0.15) is 55.2 Å². The zero-order valence-corrected chi connectivity index (χ0v) is 34.5. The molecule has 0 saturated carbocycles. The van der Waals surface area contributed by atoms with Crippen LogP contribution in [0.15, 0.2) is 91.1 Å². The first-order valence-corrected chi connectivity index (χ1v) is 20.4. The number of carboxylic acids is 3. The van der Waals surface area contributed by atoms with Crippen molar-refractivity contribution in [2.24, 2.45) is 11.5 Å². The summed E-state index contributed by atoms with van der Waals surface area (Å²) in [5, 5.41) is 42.0. The quantitative estimate of drug-likeness (QED) is 0.0384. The second-order valence-electron chi connectivity index (χ2n) is 15.0. The van der Waals surface area contributed by atoms with Gasteiger partial charge in [-0.25, -0.2) is 4.79 Å². The average Bonchev–Trinajstić information content (AvgIpc) is 3.66. The van der Waals surface area contributed by atoms with E-state index < -0.39 is 103 Å². The molecule has 0 aliphatic rings. The Balaban J connectivity index is 1.52. The number of nitrogens with one attached hydrogen (secondary N) is 6. The number of fused-ring (bicyclic) bond motifs is 1. The molecule has 0 aliphatic heterocycles. The maximum absolute atomic E-state index is 14.1. The summed E-state index contributed by atoms with van der Waals surface area (Å²) in [6, 6.07) is 15.9. The lowest BCUT2D eigenvalue weighted by Crippen LogP contribution is -2.60.